The zero-order chi connectivity index (χ0) is 19.9. The molecule has 0 bridgehead atoms. The highest BCUT2D eigenvalue weighted by Crippen LogP contribution is 2.23. The lowest BCUT2D eigenvalue weighted by atomic mass is 10.2. The lowest BCUT2D eigenvalue weighted by molar-refractivity contribution is -0.118. The summed E-state index contributed by atoms with van der Waals surface area (Å²) in [6.07, 6.45) is 0. The van der Waals surface area contributed by atoms with E-state index < -0.39 is 11.8 Å². The summed E-state index contributed by atoms with van der Waals surface area (Å²) in [6, 6.07) is 17.2. The van der Waals surface area contributed by atoms with Crippen molar-refractivity contribution in [3.8, 4) is 5.75 Å². The van der Waals surface area contributed by atoms with Gasteiger partial charge in [-0.25, -0.2) is 0 Å². The molecule has 2 aromatic carbocycles. The molecule has 1 heterocycles. The molecule has 3 aromatic rings. The van der Waals surface area contributed by atoms with Crippen molar-refractivity contribution in [1.29, 1.82) is 0 Å². The Morgan fingerprint density at radius 3 is 2.36 bits per heavy atom. The van der Waals surface area contributed by atoms with Crippen LogP contribution in [0.4, 0.5) is 10.7 Å². The van der Waals surface area contributed by atoms with Gasteiger partial charge < -0.3 is 21.1 Å². The molecule has 0 unspecified atom stereocenters. The quantitative estimate of drug-likeness (QED) is 0.571. The van der Waals surface area contributed by atoms with Crippen molar-refractivity contribution >= 4 is 39.7 Å². The van der Waals surface area contributed by atoms with Crippen LogP contribution in [0.2, 0.25) is 0 Å². The van der Waals surface area contributed by atoms with Crippen LogP contribution >= 0.6 is 11.3 Å². The Bertz CT molecular complexity index is 1000. The topological polar surface area (TPSA) is 111 Å². The molecular formula is C20H17N3O4S. The van der Waals surface area contributed by atoms with Gasteiger partial charge in [-0.2, -0.15) is 0 Å². The van der Waals surface area contributed by atoms with Crippen molar-refractivity contribution in [2.24, 2.45) is 5.73 Å². The number of ether oxygens (including phenoxy) is 1. The number of para-hydroxylation sites is 2. The van der Waals surface area contributed by atoms with Crippen LogP contribution in [0, 0.1) is 0 Å². The number of primary amides is 1. The molecule has 7 nitrogen and oxygen atoms in total. The summed E-state index contributed by atoms with van der Waals surface area (Å²) < 4.78 is 5.52. The Kier molecular flexibility index (Phi) is 6.03. The van der Waals surface area contributed by atoms with Crippen molar-refractivity contribution < 1.29 is 19.1 Å². The number of carbonyl (C=O) groups is 3. The Balaban J connectivity index is 1.64. The van der Waals surface area contributed by atoms with E-state index in [2.05, 4.69) is 10.6 Å². The first-order valence-electron chi connectivity index (χ1n) is 8.30. The third kappa shape index (κ3) is 4.74. The van der Waals surface area contributed by atoms with E-state index in [-0.39, 0.29) is 23.8 Å². The number of amides is 3. The molecule has 0 fully saturated rings. The third-order valence-electron chi connectivity index (χ3n) is 3.71. The van der Waals surface area contributed by atoms with E-state index in [0.717, 1.165) is 0 Å². The van der Waals surface area contributed by atoms with Crippen LogP contribution in [0.1, 0.15) is 20.7 Å². The van der Waals surface area contributed by atoms with Gasteiger partial charge in [0.05, 0.1) is 11.1 Å². The molecule has 0 radical (unpaired) electrons. The molecule has 0 aliphatic carbocycles. The summed E-state index contributed by atoms with van der Waals surface area (Å²) in [5.41, 5.74) is 6.44. The molecule has 4 N–H and O–H groups in total. The molecule has 3 amide bonds. The van der Waals surface area contributed by atoms with Crippen molar-refractivity contribution in [2.75, 3.05) is 17.2 Å². The van der Waals surface area contributed by atoms with E-state index in [1.165, 1.54) is 17.4 Å². The summed E-state index contributed by atoms with van der Waals surface area (Å²) in [5, 5.41) is 7.37. The Hall–Kier alpha value is -3.65. The largest absolute Gasteiger partial charge is 0.483 e. The highest BCUT2D eigenvalue weighted by atomic mass is 32.1. The maximum Gasteiger partial charge on any atom is 0.262 e. The van der Waals surface area contributed by atoms with Crippen LogP contribution in [0.15, 0.2) is 66.0 Å². The van der Waals surface area contributed by atoms with Crippen LogP contribution in [-0.4, -0.2) is 24.3 Å². The van der Waals surface area contributed by atoms with Gasteiger partial charge in [-0.3, -0.25) is 14.4 Å². The lowest BCUT2D eigenvalue weighted by Gasteiger charge is -2.12. The van der Waals surface area contributed by atoms with Gasteiger partial charge in [-0.15, -0.1) is 11.3 Å². The second kappa shape index (κ2) is 8.83. The average molecular weight is 395 g/mol. The smallest absolute Gasteiger partial charge is 0.262 e. The number of carbonyl (C=O) groups excluding carboxylic acids is 3. The maximum atomic E-state index is 12.5. The fraction of sp³-hybridized carbons (Fsp3) is 0.0500. The molecule has 28 heavy (non-hydrogen) atoms. The average Bonchev–Trinajstić information content (AvgIpc) is 3.16. The summed E-state index contributed by atoms with van der Waals surface area (Å²) in [6.45, 7) is -0.328. The molecule has 0 saturated carbocycles. The van der Waals surface area contributed by atoms with Crippen LogP contribution in [0.3, 0.4) is 0 Å². The number of thiophene rings is 1. The van der Waals surface area contributed by atoms with E-state index in [4.69, 9.17) is 10.5 Å². The molecule has 0 spiro atoms. The standard InChI is InChI=1S/C20H17N3O4S/c21-18(25)15-10-11-28-20(15)23-17(24)12-27-16-9-5-4-8-14(16)19(26)22-13-6-2-1-3-7-13/h1-11H,12H2,(H2,21,25)(H,22,26)(H,23,24). The van der Waals surface area contributed by atoms with Gasteiger partial charge in [0.25, 0.3) is 17.7 Å². The zero-order valence-corrected chi connectivity index (χ0v) is 15.5. The Morgan fingerprint density at radius 1 is 0.893 bits per heavy atom. The summed E-state index contributed by atoms with van der Waals surface area (Å²) in [5.74, 6) is -1.17. The van der Waals surface area contributed by atoms with Gasteiger partial charge in [-0.05, 0) is 35.7 Å². The summed E-state index contributed by atoms with van der Waals surface area (Å²) in [4.78, 5) is 36.0. The zero-order valence-electron chi connectivity index (χ0n) is 14.7. The predicted molar refractivity (Wildman–Crippen MR) is 108 cm³/mol. The molecule has 1 aromatic heterocycles. The van der Waals surface area contributed by atoms with Gasteiger partial charge >= 0.3 is 0 Å². The number of nitrogens with two attached hydrogens (primary N) is 1. The SMILES string of the molecule is NC(=O)c1ccsc1NC(=O)COc1ccccc1C(=O)Nc1ccccc1. The van der Waals surface area contributed by atoms with E-state index in [9.17, 15) is 14.4 Å². The highest BCUT2D eigenvalue weighted by molar-refractivity contribution is 7.14. The monoisotopic (exact) mass is 395 g/mol. The van der Waals surface area contributed by atoms with E-state index >= 15 is 0 Å². The van der Waals surface area contributed by atoms with Gasteiger partial charge in [-0.1, -0.05) is 30.3 Å². The van der Waals surface area contributed by atoms with Crippen molar-refractivity contribution in [3.05, 3.63) is 77.2 Å². The van der Waals surface area contributed by atoms with Crippen LogP contribution in [0.25, 0.3) is 0 Å². The summed E-state index contributed by atoms with van der Waals surface area (Å²) in [7, 11) is 0. The molecular weight excluding hydrogens is 378 g/mol. The maximum absolute atomic E-state index is 12.5. The number of hydrogen-bond acceptors (Lipinski definition) is 5. The normalized spacial score (nSPS) is 10.1. The lowest BCUT2D eigenvalue weighted by Crippen LogP contribution is -2.22. The fourth-order valence-electron chi connectivity index (χ4n) is 2.41. The second-order valence-corrected chi connectivity index (χ2v) is 6.60. The van der Waals surface area contributed by atoms with Crippen molar-refractivity contribution in [3.63, 3.8) is 0 Å². The number of anilines is 2. The summed E-state index contributed by atoms with van der Waals surface area (Å²) >= 11 is 1.18. The minimum Gasteiger partial charge on any atom is -0.483 e. The molecule has 142 valence electrons. The minimum atomic E-state index is -0.625. The van der Waals surface area contributed by atoms with Crippen molar-refractivity contribution in [2.45, 2.75) is 0 Å². The molecule has 0 atom stereocenters. The van der Waals surface area contributed by atoms with Crippen LogP contribution in [-0.2, 0) is 4.79 Å². The molecule has 0 saturated heterocycles. The van der Waals surface area contributed by atoms with E-state index in [0.29, 0.717) is 16.3 Å². The Labute approximate surface area is 165 Å². The first kappa shape index (κ1) is 19.1. The van der Waals surface area contributed by atoms with Gasteiger partial charge in [0.15, 0.2) is 6.61 Å². The number of rotatable bonds is 7. The number of nitrogens with one attached hydrogen (secondary N) is 2. The molecule has 0 aliphatic rings. The number of hydrogen-bond donors (Lipinski definition) is 3. The predicted octanol–water partition coefficient (Wildman–Crippen LogP) is 3.12. The van der Waals surface area contributed by atoms with E-state index in [1.54, 1.807) is 41.8 Å². The molecule has 3 rings (SSSR count). The molecule has 8 heteroatoms. The third-order valence-corrected chi connectivity index (χ3v) is 4.54. The van der Waals surface area contributed by atoms with Crippen molar-refractivity contribution in [1.82, 2.24) is 0 Å². The van der Waals surface area contributed by atoms with Gasteiger partial charge in [0.1, 0.15) is 10.8 Å². The van der Waals surface area contributed by atoms with Crippen LogP contribution in [0.5, 0.6) is 5.75 Å². The fourth-order valence-corrected chi connectivity index (χ4v) is 3.21. The second-order valence-electron chi connectivity index (χ2n) is 5.68. The highest BCUT2D eigenvalue weighted by Gasteiger charge is 2.15. The Morgan fingerprint density at radius 2 is 1.61 bits per heavy atom. The first-order valence-corrected chi connectivity index (χ1v) is 9.18. The minimum absolute atomic E-state index is 0.237. The first-order chi connectivity index (χ1) is 13.5. The van der Waals surface area contributed by atoms with Gasteiger partial charge in [0.2, 0.25) is 0 Å². The van der Waals surface area contributed by atoms with Crippen LogP contribution < -0.4 is 21.1 Å². The van der Waals surface area contributed by atoms with E-state index in [1.807, 2.05) is 18.2 Å². The van der Waals surface area contributed by atoms with Gasteiger partial charge in [0, 0.05) is 5.69 Å². The number of benzene rings is 2. The molecule has 0 aliphatic heterocycles.